The van der Waals surface area contributed by atoms with Gasteiger partial charge in [-0.3, -0.25) is 0 Å². The summed E-state index contributed by atoms with van der Waals surface area (Å²) < 4.78 is 11.1. The van der Waals surface area contributed by atoms with E-state index in [4.69, 9.17) is 15.2 Å². The molecule has 24 heavy (non-hydrogen) atoms. The number of nitrogens with one attached hydrogen (secondary N) is 1. The van der Waals surface area contributed by atoms with Gasteiger partial charge in [0.25, 0.3) is 0 Å². The van der Waals surface area contributed by atoms with Crippen LogP contribution in [-0.4, -0.2) is 25.7 Å². The number of anilines is 1. The van der Waals surface area contributed by atoms with Crippen molar-refractivity contribution < 1.29 is 9.47 Å². The molecule has 0 spiro atoms. The summed E-state index contributed by atoms with van der Waals surface area (Å²) in [5.41, 5.74) is 9.02. The zero-order chi connectivity index (χ0) is 17.4. The molecule has 1 atom stereocenters. The average molecular weight is 327 g/mol. The van der Waals surface area contributed by atoms with Gasteiger partial charge in [0.15, 0.2) is 5.96 Å². The first kappa shape index (κ1) is 17.8. The van der Waals surface area contributed by atoms with Crippen LogP contribution in [0, 0.1) is 6.92 Å². The van der Waals surface area contributed by atoms with Crippen LogP contribution in [0.4, 0.5) is 5.69 Å². The molecule has 128 valence electrons. The molecule has 2 rings (SSSR count). The highest BCUT2D eigenvalue weighted by Gasteiger charge is 2.06. The number of rotatable bonds is 7. The second-order valence-corrected chi connectivity index (χ2v) is 5.64. The van der Waals surface area contributed by atoms with Gasteiger partial charge in [0.05, 0.1) is 13.2 Å². The first-order valence-electron chi connectivity index (χ1n) is 7.96. The Kier molecular flexibility index (Phi) is 6.63. The van der Waals surface area contributed by atoms with Crippen LogP contribution < -0.4 is 15.8 Å². The van der Waals surface area contributed by atoms with E-state index in [0.29, 0.717) is 19.1 Å². The molecule has 5 nitrogen and oxygen atoms in total. The van der Waals surface area contributed by atoms with Gasteiger partial charge < -0.3 is 20.5 Å². The average Bonchev–Trinajstić information content (AvgIpc) is 2.57. The zero-order valence-electron chi connectivity index (χ0n) is 14.5. The van der Waals surface area contributed by atoms with Gasteiger partial charge in [-0.25, -0.2) is 4.99 Å². The molecule has 0 radical (unpaired) electrons. The Morgan fingerprint density at radius 2 is 1.88 bits per heavy atom. The fraction of sp³-hybridized carbons (Fsp3) is 0.316. The van der Waals surface area contributed by atoms with E-state index in [9.17, 15) is 0 Å². The minimum absolute atomic E-state index is 0.0688. The molecule has 5 heteroatoms. The van der Waals surface area contributed by atoms with Gasteiger partial charge in [0.2, 0.25) is 0 Å². The van der Waals surface area contributed by atoms with E-state index in [-0.39, 0.29) is 6.10 Å². The van der Waals surface area contributed by atoms with E-state index in [0.717, 1.165) is 22.6 Å². The largest absolute Gasteiger partial charge is 0.489 e. The number of aryl methyl sites for hydroxylation is 1. The van der Waals surface area contributed by atoms with E-state index in [2.05, 4.69) is 10.3 Å². The highest BCUT2D eigenvalue weighted by atomic mass is 16.5. The first-order valence-corrected chi connectivity index (χ1v) is 7.96. The van der Waals surface area contributed by atoms with Gasteiger partial charge in [-0.1, -0.05) is 36.4 Å². The number of benzene rings is 2. The fourth-order valence-corrected chi connectivity index (χ4v) is 2.27. The van der Waals surface area contributed by atoms with Gasteiger partial charge in [-0.2, -0.15) is 0 Å². The lowest BCUT2D eigenvalue weighted by atomic mass is 10.2. The number of aliphatic imine (C=N–C) groups is 1. The fourth-order valence-electron chi connectivity index (χ4n) is 2.27. The Labute approximate surface area is 143 Å². The molecule has 0 amide bonds. The molecule has 0 aliphatic carbocycles. The molecule has 0 fully saturated rings. The van der Waals surface area contributed by atoms with Crippen LogP contribution in [0.5, 0.6) is 5.75 Å². The molecule has 2 aromatic rings. The van der Waals surface area contributed by atoms with Crippen LogP contribution in [0.25, 0.3) is 0 Å². The van der Waals surface area contributed by atoms with Crippen molar-refractivity contribution in [1.29, 1.82) is 0 Å². The molecule has 3 N–H and O–H groups in total. The maximum atomic E-state index is 5.98. The lowest BCUT2D eigenvalue weighted by molar-refractivity contribution is 0.185. The van der Waals surface area contributed by atoms with Crippen LogP contribution in [0.2, 0.25) is 0 Å². The van der Waals surface area contributed by atoms with E-state index in [1.165, 1.54) is 0 Å². The molecule has 0 heterocycles. The molecule has 0 aliphatic rings. The van der Waals surface area contributed by atoms with Crippen LogP contribution >= 0.6 is 0 Å². The van der Waals surface area contributed by atoms with Crippen molar-refractivity contribution in [3.05, 3.63) is 59.7 Å². The summed E-state index contributed by atoms with van der Waals surface area (Å²) >= 11 is 0. The highest BCUT2D eigenvalue weighted by Crippen LogP contribution is 2.18. The number of hydrogen-bond donors (Lipinski definition) is 2. The Bertz CT molecular complexity index is 686. The van der Waals surface area contributed by atoms with E-state index >= 15 is 0 Å². The second kappa shape index (κ2) is 8.93. The molecule has 0 aliphatic heterocycles. The highest BCUT2D eigenvalue weighted by molar-refractivity contribution is 5.92. The molecule has 0 saturated carbocycles. The third-order valence-electron chi connectivity index (χ3n) is 3.52. The standard InChI is InChI=1S/C19H25N3O2/c1-14-8-4-7-11-18(14)24-15(2)12-21-19(20)22-17-10-6-5-9-16(17)13-23-3/h4-11,15H,12-13H2,1-3H3,(H3,20,21,22). The summed E-state index contributed by atoms with van der Waals surface area (Å²) in [6, 6.07) is 15.8. The van der Waals surface area contributed by atoms with Gasteiger partial charge >= 0.3 is 0 Å². The van der Waals surface area contributed by atoms with E-state index < -0.39 is 0 Å². The monoisotopic (exact) mass is 327 g/mol. The molecule has 1 unspecified atom stereocenters. The van der Waals surface area contributed by atoms with Crippen LogP contribution in [0.15, 0.2) is 53.5 Å². The number of para-hydroxylation sites is 2. The van der Waals surface area contributed by atoms with E-state index in [1.54, 1.807) is 7.11 Å². The van der Waals surface area contributed by atoms with Crippen molar-refractivity contribution in [1.82, 2.24) is 0 Å². The van der Waals surface area contributed by atoms with Crippen molar-refractivity contribution in [2.24, 2.45) is 10.7 Å². The number of methoxy groups -OCH3 is 1. The quantitative estimate of drug-likeness (QED) is 0.604. The first-order chi connectivity index (χ1) is 11.6. The third kappa shape index (κ3) is 5.28. The number of guanidine groups is 1. The summed E-state index contributed by atoms with van der Waals surface area (Å²) in [4.78, 5) is 4.36. The maximum Gasteiger partial charge on any atom is 0.193 e. The Hall–Kier alpha value is -2.53. The summed E-state index contributed by atoms with van der Waals surface area (Å²) in [6.45, 7) is 4.99. The molecule has 2 aromatic carbocycles. The molecule has 0 bridgehead atoms. The van der Waals surface area contributed by atoms with Crippen molar-refractivity contribution in [3.63, 3.8) is 0 Å². The third-order valence-corrected chi connectivity index (χ3v) is 3.52. The van der Waals surface area contributed by atoms with Gasteiger partial charge in [0, 0.05) is 18.4 Å². The van der Waals surface area contributed by atoms with Gasteiger partial charge in [-0.15, -0.1) is 0 Å². The minimum Gasteiger partial charge on any atom is -0.489 e. The maximum absolute atomic E-state index is 5.98. The predicted molar refractivity (Wildman–Crippen MR) is 98.5 cm³/mol. The molecular formula is C19H25N3O2. The topological polar surface area (TPSA) is 68.9 Å². The smallest absolute Gasteiger partial charge is 0.193 e. The number of nitrogens with zero attached hydrogens (tertiary/aromatic N) is 1. The lowest BCUT2D eigenvalue weighted by Gasteiger charge is -2.15. The van der Waals surface area contributed by atoms with E-state index in [1.807, 2.05) is 62.4 Å². The second-order valence-electron chi connectivity index (χ2n) is 5.64. The minimum atomic E-state index is -0.0688. The Morgan fingerprint density at radius 1 is 1.17 bits per heavy atom. The summed E-state index contributed by atoms with van der Waals surface area (Å²) in [5.74, 6) is 1.23. The number of nitrogens with two attached hydrogens (primary N) is 1. The number of ether oxygens (including phenoxy) is 2. The summed E-state index contributed by atoms with van der Waals surface area (Å²) in [6.07, 6.45) is -0.0688. The normalized spacial score (nSPS) is 12.7. The van der Waals surface area contributed by atoms with Crippen molar-refractivity contribution in [2.75, 3.05) is 19.0 Å². The van der Waals surface area contributed by atoms with Crippen molar-refractivity contribution in [2.45, 2.75) is 26.6 Å². The summed E-state index contributed by atoms with van der Waals surface area (Å²) in [5, 5.41) is 3.12. The molecule has 0 aromatic heterocycles. The van der Waals surface area contributed by atoms with Gasteiger partial charge in [-0.05, 0) is 31.5 Å². The lowest BCUT2D eigenvalue weighted by Crippen LogP contribution is -2.26. The number of hydrogen-bond acceptors (Lipinski definition) is 3. The predicted octanol–water partition coefficient (Wildman–Crippen LogP) is 3.34. The summed E-state index contributed by atoms with van der Waals surface area (Å²) in [7, 11) is 1.67. The Balaban J connectivity index is 1.93. The zero-order valence-corrected chi connectivity index (χ0v) is 14.5. The molecule has 0 saturated heterocycles. The SMILES string of the molecule is COCc1ccccc1NC(N)=NCC(C)Oc1ccccc1C. The van der Waals surface area contributed by atoms with Crippen LogP contribution in [0.3, 0.4) is 0 Å². The van der Waals surface area contributed by atoms with Crippen LogP contribution in [0.1, 0.15) is 18.1 Å². The molecular weight excluding hydrogens is 302 g/mol. The van der Waals surface area contributed by atoms with Crippen molar-refractivity contribution >= 4 is 11.6 Å². The van der Waals surface area contributed by atoms with Crippen molar-refractivity contribution in [3.8, 4) is 5.75 Å². The van der Waals surface area contributed by atoms with Crippen LogP contribution in [-0.2, 0) is 11.3 Å². The Morgan fingerprint density at radius 3 is 2.62 bits per heavy atom. The van der Waals surface area contributed by atoms with Gasteiger partial charge in [0.1, 0.15) is 11.9 Å².